The number of hydrogen-bond donors (Lipinski definition) is 1. The summed E-state index contributed by atoms with van der Waals surface area (Å²) >= 11 is 1.73. The molecule has 2 aromatic heterocycles. The smallest absolute Gasteiger partial charge is 0.203 e. The predicted molar refractivity (Wildman–Crippen MR) is 80.8 cm³/mol. The maximum Gasteiger partial charge on any atom is 0.203 e. The van der Waals surface area contributed by atoms with Crippen molar-refractivity contribution in [3.63, 3.8) is 0 Å². The average molecular weight is 278 g/mol. The van der Waals surface area contributed by atoms with E-state index in [1.165, 1.54) is 17.7 Å². The summed E-state index contributed by atoms with van der Waals surface area (Å²) in [6.07, 6.45) is 6.40. The van der Waals surface area contributed by atoms with Gasteiger partial charge in [0.15, 0.2) is 0 Å². The normalized spacial score (nSPS) is 12.6. The van der Waals surface area contributed by atoms with E-state index < -0.39 is 0 Å². The Kier molecular flexibility index (Phi) is 4.58. The van der Waals surface area contributed by atoms with Crippen molar-refractivity contribution in [1.82, 2.24) is 14.5 Å². The van der Waals surface area contributed by atoms with E-state index in [1.54, 1.807) is 11.3 Å². The van der Waals surface area contributed by atoms with E-state index in [-0.39, 0.29) is 6.04 Å². The zero-order valence-electron chi connectivity index (χ0n) is 12.1. The van der Waals surface area contributed by atoms with Gasteiger partial charge >= 0.3 is 0 Å². The van der Waals surface area contributed by atoms with Crippen molar-refractivity contribution >= 4 is 17.3 Å². The second-order valence-corrected chi connectivity index (χ2v) is 6.19. The molecule has 19 heavy (non-hydrogen) atoms. The Morgan fingerprint density at radius 2 is 2.21 bits per heavy atom. The van der Waals surface area contributed by atoms with E-state index in [4.69, 9.17) is 0 Å². The third kappa shape index (κ3) is 3.56. The fourth-order valence-electron chi connectivity index (χ4n) is 1.99. The number of thiazole rings is 1. The first-order valence-electron chi connectivity index (χ1n) is 6.82. The molecule has 1 unspecified atom stereocenters. The molecular weight excluding hydrogens is 256 g/mol. The molecule has 0 amide bonds. The molecule has 1 atom stereocenters. The van der Waals surface area contributed by atoms with Crippen LogP contribution in [0, 0.1) is 13.8 Å². The number of unbranched alkanes of at least 4 members (excludes halogenated alkanes) is 1. The van der Waals surface area contributed by atoms with Crippen LogP contribution in [0.4, 0.5) is 5.95 Å². The number of hydrogen-bond acceptors (Lipinski definition) is 4. The summed E-state index contributed by atoms with van der Waals surface area (Å²) in [5.41, 5.74) is 1.06. The van der Waals surface area contributed by atoms with Gasteiger partial charge in [-0.15, -0.1) is 11.3 Å². The molecule has 0 aliphatic heterocycles. The van der Waals surface area contributed by atoms with Gasteiger partial charge in [-0.1, -0.05) is 13.3 Å². The van der Waals surface area contributed by atoms with Gasteiger partial charge in [0.2, 0.25) is 5.95 Å². The van der Waals surface area contributed by atoms with Crippen LogP contribution in [0.15, 0.2) is 12.4 Å². The Morgan fingerprint density at radius 3 is 2.84 bits per heavy atom. The third-order valence-corrected chi connectivity index (χ3v) is 4.10. The molecule has 0 aliphatic carbocycles. The van der Waals surface area contributed by atoms with Crippen molar-refractivity contribution in [1.29, 1.82) is 0 Å². The topological polar surface area (TPSA) is 42.7 Å². The van der Waals surface area contributed by atoms with Gasteiger partial charge in [0.25, 0.3) is 0 Å². The average Bonchev–Trinajstić information content (AvgIpc) is 2.93. The van der Waals surface area contributed by atoms with Crippen molar-refractivity contribution in [3.8, 4) is 0 Å². The van der Waals surface area contributed by atoms with Crippen LogP contribution in [0.3, 0.4) is 0 Å². The SMILES string of the molecule is CCCCn1cc(C)nc1NC(C)c1ncc(C)s1. The standard InChI is InChI=1S/C14H22N4S/c1-5-6-7-18-9-10(2)16-14(18)17-12(4)13-15-8-11(3)19-13/h8-9,12H,5-7H2,1-4H3,(H,16,17). The summed E-state index contributed by atoms with van der Waals surface area (Å²) in [5, 5.41) is 4.58. The summed E-state index contributed by atoms with van der Waals surface area (Å²) < 4.78 is 2.20. The highest BCUT2D eigenvalue weighted by molar-refractivity contribution is 7.11. The first kappa shape index (κ1) is 14.1. The van der Waals surface area contributed by atoms with Crippen LogP contribution in [-0.2, 0) is 6.54 Å². The van der Waals surface area contributed by atoms with Crippen LogP contribution in [0.1, 0.15) is 48.3 Å². The second kappa shape index (κ2) is 6.19. The molecule has 104 valence electrons. The van der Waals surface area contributed by atoms with Gasteiger partial charge < -0.3 is 9.88 Å². The quantitative estimate of drug-likeness (QED) is 0.870. The monoisotopic (exact) mass is 278 g/mol. The van der Waals surface area contributed by atoms with Crippen LogP contribution in [0.25, 0.3) is 0 Å². The number of aromatic nitrogens is 3. The molecule has 2 aromatic rings. The molecule has 0 bridgehead atoms. The molecule has 0 saturated carbocycles. The Hall–Kier alpha value is -1.36. The predicted octanol–water partition coefficient (Wildman–Crippen LogP) is 3.93. The number of nitrogens with one attached hydrogen (secondary N) is 1. The lowest BCUT2D eigenvalue weighted by atomic mass is 10.3. The van der Waals surface area contributed by atoms with Gasteiger partial charge in [-0.25, -0.2) is 9.97 Å². The maximum atomic E-state index is 4.56. The molecule has 1 N–H and O–H groups in total. The summed E-state index contributed by atoms with van der Waals surface area (Å²) in [6, 6.07) is 0.195. The summed E-state index contributed by atoms with van der Waals surface area (Å²) in [7, 11) is 0. The molecule has 0 radical (unpaired) electrons. The van der Waals surface area contributed by atoms with Gasteiger partial charge in [0, 0.05) is 23.8 Å². The van der Waals surface area contributed by atoms with Crippen LogP contribution in [0.5, 0.6) is 0 Å². The minimum atomic E-state index is 0.195. The Balaban J connectivity index is 2.09. The number of nitrogens with zero attached hydrogens (tertiary/aromatic N) is 3. The largest absolute Gasteiger partial charge is 0.347 e. The minimum absolute atomic E-state index is 0.195. The Bertz CT molecular complexity index is 529. The molecule has 0 aromatic carbocycles. The Morgan fingerprint density at radius 1 is 1.42 bits per heavy atom. The van der Waals surface area contributed by atoms with Gasteiger partial charge in [-0.05, 0) is 27.2 Å². The van der Waals surface area contributed by atoms with Crippen molar-refractivity contribution in [3.05, 3.63) is 28.0 Å². The maximum absolute atomic E-state index is 4.56. The number of rotatable bonds is 6. The Labute approximate surface area is 118 Å². The summed E-state index contributed by atoms with van der Waals surface area (Å²) in [4.78, 5) is 10.2. The molecule has 0 aliphatic rings. The molecule has 4 nitrogen and oxygen atoms in total. The molecule has 0 saturated heterocycles. The van der Waals surface area contributed by atoms with Gasteiger partial charge in [-0.2, -0.15) is 0 Å². The lowest BCUT2D eigenvalue weighted by Gasteiger charge is -2.13. The van der Waals surface area contributed by atoms with Crippen molar-refractivity contribution in [2.75, 3.05) is 5.32 Å². The van der Waals surface area contributed by atoms with Gasteiger partial charge in [-0.3, -0.25) is 0 Å². The fraction of sp³-hybridized carbons (Fsp3) is 0.571. The van der Waals surface area contributed by atoms with Crippen LogP contribution in [0.2, 0.25) is 0 Å². The lowest BCUT2D eigenvalue weighted by Crippen LogP contribution is -2.11. The number of anilines is 1. The molecule has 2 rings (SSSR count). The molecular formula is C14H22N4S. The van der Waals surface area contributed by atoms with Crippen LogP contribution in [-0.4, -0.2) is 14.5 Å². The van der Waals surface area contributed by atoms with Gasteiger partial charge in [0.05, 0.1) is 11.7 Å². The molecule has 2 heterocycles. The van der Waals surface area contributed by atoms with E-state index >= 15 is 0 Å². The second-order valence-electron chi connectivity index (χ2n) is 4.93. The van der Waals surface area contributed by atoms with Crippen molar-refractivity contribution < 1.29 is 0 Å². The van der Waals surface area contributed by atoms with Crippen LogP contribution < -0.4 is 5.32 Å². The van der Waals surface area contributed by atoms with E-state index in [0.29, 0.717) is 0 Å². The van der Waals surface area contributed by atoms with E-state index in [2.05, 4.69) is 46.8 Å². The zero-order valence-corrected chi connectivity index (χ0v) is 12.9. The van der Waals surface area contributed by atoms with Crippen molar-refractivity contribution in [2.24, 2.45) is 0 Å². The molecule has 0 spiro atoms. The summed E-state index contributed by atoms with van der Waals surface area (Å²) in [6.45, 7) is 9.47. The highest BCUT2D eigenvalue weighted by atomic mass is 32.1. The summed E-state index contributed by atoms with van der Waals surface area (Å²) in [5.74, 6) is 0.950. The highest BCUT2D eigenvalue weighted by Crippen LogP contribution is 2.23. The van der Waals surface area contributed by atoms with E-state index in [0.717, 1.165) is 23.2 Å². The first-order valence-corrected chi connectivity index (χ1v) is 7.64. The third-order valence-electron chi connectivity index (χ3n) is 3.00. The fourth-order valence-corrected chi connectivity index (χ4v) is 2.77. The molecule has 0 fully saturated rings. The van der Waals surface area contributed by atoms with Crippen molar-refractivity contribution in [2.45, 2.75) is 53.1 Å². The number of aryl methyl sites for hydroxylation is 3. The highest BCUT2D eigenvalue weighted by Gasteiger charge is 2.13. The minimum Gasteiger partial charge on any atom is -0.347 e. The lowest BCUT2D eigenvalue weighted by molar-refractivity contribution is 0.630. The van der Waals surface area contributed by atoms with Crippen LogP contribution >= 0.6 is 11.3 Å². The zero-order chi connectivity index (χ0) is 13.8. The van der Waals surface area contributed by atoms with E-state index in [1.807, 2.05) is 13.1 Å². The first-order chi connectivity index (χ1) is 9.10. The molecule has 5 heteroatoms. The van der Waals surface area contributed by atoms with E-state index in [9.17, 15) is 0 Å². The number of imidazole rings is 1. The van der Waals surface area contributed by atoms with Gasteiger partial charge in [0.1, 0.15) is 5.01 Å².